The summed E-state index contributed by atoms with van der Waals surface area (Å²) in [7, 11) is 0. The summed E-state index contributed by atoms with van der Waals surface area (Å²) in [6.45, 7) is 0.308. The Morgan fingerprint density at radius 3 is 2.59 bits per heavy atom. The zero-order chi connectivity index (χ0) is 21.8. The van der Waals surface area contributed by atoms with Gasteiger partial charge in [-0.25, -0.2) is 4.79 Å². The number of aromatic hydroxyl groups is 1. The van der Waals surface area contributed by atoms with Crippen molar-refractivity contribution in [1.29, 1.82) is 0 Å². The Balaban J connectivity index is 1.61. The van der Waals surface area contributed by atoms with Crippen molar-refractivity contribution in [2.45, 2.75) is 19.0 Å². The van der Waals surface area contributed by atoms with Gasteiger partial charge in [-0.1, -0.05) is 72.3 Å². The lowest BCUT2D eigenvalue weighted by molar-refractivity contribution is 0.416. The maximum Gasteiger partial charge on any atom is 0.332 e. The van der Waals surface area contributed by atoms with E-state index in [0.717, 1.165) is 33.3 Å². The summed E-state index contributed by atoms with van der Waals surface area (Å²) in [5, 5.41) is 12.9. The molecule has 0 spiro atoms. The Labute approximate surface area is 189 Å². The molecular weight excluding hydrogens is 422 g/mol. The number of H-pyrrole nitrogens is 1. The molecule has 0 amide bonds. The summed E-state index contributed by atoms with van der Waals surface area (Å²) in [6.07, 6.45) is 0.472. The van der Waals surface area contributed by atoms with Crippen LogP contribution in [0.5, 0.6) is 5.88 Å². The van der Waals surface area contributed by atoms with Crippen molar-refractivity contribution >= 4 is 22.5 Å². The van der Waals surface area contributed by atoms with E-state index < -0.39 is 6.04 Å². The number of aromatic amines is 1. The maximum atomic E-state index is 13.7. The number of nitrogens with zero attached hydrogens (tertiary/aromatic N) is 2. The SMILES string of the molecule is O=c1n(Cc2ccccc2)c(O)c2n1C(c1cccc(Cl)c1)c1[nH]c3ccccc3c1C2. The van der Waals surface area contributed by atoms with Crippen molar-refractivity contribution in [1.82, 2.24) is 14.1 Å². The molecule has 2 N–H and O–H groups in total. The molecule has 5 nitrogen and oxygen atoms in total. The Kier molecular flexibility index (Phi) is 4.26. The number of rotatable bonds is 3. The zero-order valence-corrected chi connectivity index (χ0v) is 17.9. The van der Waals surface area contributed by atoms with Crippen molar-refractivity contribution in [2.24, 2.45) is 0 Å². The van der Waals surface area contributed by atoms with Gasteiger partial charge in [0.25, 0.3) is 0 Å². The number of aromatic nitrogens is 3. The average Bonchev–Trinajstić information content (AvgIpc) is 3.29. The molecule has 0 saturated carbocycles. The van der Waals surface area contributed by atoms with Crippen molar-refractivity contribution < 1.29 is 5.11 Å². The van der Waals surface area contributed by atoms with Crippen LogP contribution < -0.4 is 5.69 Å². The number of para-hydroxylation sites is 1. The molecule has 0 fully saturated rings. The van der Waals surface area contributed by atoms with Gasteiger partial charge in [-0.05, 0) is 34.9 Å². The Bertz CT molecular complexity index is 1530. The molecule has 0 saturated heterocycles. The van der Waals surface area contributed by atoms with Crippen LogP contribution in [0.4, 0.5) is 0 Å². The van der Waals surface area contributed by atoms with Gasteiger partial charge in [-0.15, -0.1) is 0 Å². The van der Waals surface area contributed by atoms with E-state index in [1.54, 1.807) is 4.57 Å². The summed E-state index contributed by atoms with van der Waals surface area (Å²) in [6, 6.07) is 25.0. The molecule has 1 aliphatic heterocycles. The van der Waals surface area contributed by atoms with Gasteiger partial charge in [-0.3, -0.25) is 9.13 Å². The number of nitrogens with one attached hydrogen (secondary N) is 1. The fourth-order valence-corrected chi connectivity index (χ4v) is 5.07. The number of hydrogen-bond donors (Lipinski definition) is 2. The highest BCUT2D eigenvalue weighted by atomic mass is 35.5. The third-order valence-electron chi connectivity index (χ3n) is 6.31. The van der Waals surface area contributed by atoms with Gasteiger partial charge in [0, 0.05) is 28.0 Å². The molecule has 3 heterocycles. The van der Waals surface area contributed by atoms with Gasteiger partial charge in [0.2, 0.25) is 5.88 Å². The Morgan fingerprint density at radius 2 is 1.78 bits per heavy atom. The largest absolute Gasteiger partial charge is 0.493 e. The van der Waals surface area contributed by atoms with Crippen LogP contribution in [-0.4, -0.2) is 19.2 Å². The highest BCUT2D eigenvalue weighted by molar-refractivity contribution is 6.30. The smallest absolute Gasteiger partial charge is 0.332 e. The molecule has 1 unspecified atom stereocenters. The van der Waals surface area contributed by atoms with Gasteiger partial charge in [0.1, 0.15) is 6.04 Å². The first-order valence-corrected chi connectivity index (χ1v) is 10.9. The molecule has 0 aliphatic carbocycles. The van der Waals surface area contributed by atoms with E-state index >= 15 is 0 Å². The van der Waals surface area contributed by atoms with Crippen LogP contribution in [0, 0.1) is 0 Å². The molecule has 6 heteroatoms. The molecular formula is C26H20ClN3O2. The number of imidazole rings is 1. The van der Waals surface area contributed by atoms with E-state index in [9.17, 15) is 9.90 Å². The molecule has 32 heavy (non-hydrogen) atoms. The Morgan fingerprint density at radius 1 is 1.00 bits per heavy atom. The molecule has 3 aromatic carbocycles. The molecule has 2 aromatic heterocycles. The van der Waals surface area contributed by atoms with E-state index in [1.807, 2.05) is 72.8 Å². The fourth-order valence-electron chi connectivity index (χ4n) is 4.87. The summed E-state index contributed by atoms with van der Waals surface area (Å²) in [5.41, 5.74) is 5.29. The lowest BCUT2D eigenvalue weighted by Crippen LogP contribution is -2.32. The van der Waals surface area contributed by atoms with Crippen LogP contribution in [0.2, 0.25) is 5.02 Å². The average molecular weight is 442 g/mol. The summed E-state index contributed by atoms with van der Waals surface area (Å²) < 4.78 is 3.16. The van der Waals surface area contributed by atoms with Crippen LogP contribution in [0.25, 0.3) is 10.9 Å². The topological polar surface area (TPSA) is 63.0 Å². The van der Waals surface area contributed by atoms with Gasteiger partial charge < -0.3 is 10.1 Å². The highest BCUT2D eigenvalue weighted by Crippen LogP contribution is 2.41. The van der Waals surface area contributed by atoms with Crippen molar-refractivity contribution in [3.05, 3.63) is 122 Å². The number of benzene rings is 3. The quantitative estimate of drug-likeness (QED) is 0.402. The lowest BCUT2D eigenvalue weighted by Gasteiger charge is -2.26. The zero-order valence-electron chi connectivity index (χ0n) is 17.1. The van der Waals surface area contributed by atoms with E-state index in [-0.39, 0.29) is 11.6 Å². The fraction of sp³-hybridized carbons (Fsp3) is 0.115. The summed E-state index contributed by atoms with van der Waals surface area (Å²) in [5.74, 6) is 0.0156. The highest BCUT2D eigenvalue weighted by Gasteiger charge is 2.35. The first-order chi connectivity index (χ1) is 15.6. The van der Waals surface area contributed by atoms with Gasteiger partial charge >= 0.3 is 5.69 Å². The van der Waals surface area contributed by atoms with Crippen molar-refractivity contribution in [2.75, 3.05) is 0 Å². The van der Waals surface area contributed by atoms with E-state index in [2.05, 4.69) is 11.1 Å². The van der Waals surface area contributed by atoms with Gasteiger partial charge in [0.05, 0.1) is 12.2 Å². The second kappa shape index (κ2) is 7.18. The second-order valence-electron chi connectivity index (χ2n) is 8.19. The van der Waals surface area contributed by atoms with Crippen LogP contribution >= 0.6 is 11.6 Å². The van der Waals surface area contributed by atoms with E-state index in [1.165, 1.54) is 4.57 Å². The van der Waals surface area contributed by atoms with Crippen LogP contribution in [0.15, 0.2) is 83.7 Å². The van der Waals surface area contributed by atoms with Crippen LogP contribution in [-0.2, 0) is 13.0 Å². The maximum absolute atomic E-state index is 13.7. The molecule has 158 valence electrons. The summed E-state index contributed by atoms with van der Waals surface area (Å²) >= 11 is 6.33. The van der Waals surface area contributed by atoms with Crippen LogP contribution in [0.3, 0.4) is 0 Å². The normalized spacial score (nSPS) is 15.0. The molecule has 1 atom stereocenters. The van der Waals surface area contributed by atoms with Gasteiger partial charge in [-0.2, -0.15) is 0 Å². The minimum absolute atomic E-state index is 0.0156. The predicted octanol–water partition coefficient (Wildman–Crippen LogP) is 5.08. The molecule has 0 radical (unpaired) electrons. The molecule has 0 bridgehead atoms. The number of fused-ring (bicyclic) bond motifs is 4. The second-order valence-corrected chi connectivity index (χ2v) is 8.63. The van der Waals surface area contributed by atoms with Gasteiger partial charge in [0.15, 0.2) is 0 Å². The van der Waals surface area contributed by atoms with E-state index in [0.29, 0.717) is 23.7 Å². The minimum Gasteiger partial charge on any atom is -0.493 e. The molecule has 6 rings (SSSR count). The number of halogens is 1. The van der Waals surface area contributed by atoms with E-state index in [4.69, 9.17) is 11.6 Å². The molecule has 5 aromatic rings. The number of hydrogen-bond acceptors (Lipinski definition) is 2. The lowest BCUT2D eigenvalue weighted by atomic mass is 9.93. The minimum atomic E-state index is -0.407. The Hall–Kier alpha value is -3.70. The first-order valence-electron chi connectivity index (χ1n) is 10.5. The third kappa shape index (κ3) is 2.82. The first kappa shape index (κ1) is 19.0. The monoisotopic (exact) mass is 441 g/mol. The standard InChI is InChI=1S/C26H20ClN3O2/c27-18-10-6-9-17(13-18)24-23-20(19-11-4-5-12-21(19)28-23)14-22-25(31)29(26(32)30(22)24)15-16-7-2-1-3-8-16/h1-13,24,28,31H,14-15H2. The molecule has 1 aliphatic rings. The van der Waals surface area contributed by atoms with Crippen molar-refractivity contribution in [3.63, 3.8) is 0 Å². The predicted molar refractivity (Wildman–Crippen MR) is 126 cm³/mol. The third-order valence-corrected chi connectivity index (χ3v) is 6.55. The summed E-state index contributed by atoms with van der Waals surface area (Å²) in [4.78, 5) is 17.2. The van der Waals surface area contributed by atoms with Crippen molar-refractivity contribution in [3.8, 4) is 5.88 Å². The van der Waals surface area contributed by atoms with Crippen LogP contribution in [0.1, 0.15) is 34.1 Å².